The average molecular weight is 564 g/mol. The number of nitrogens with one attached hydrogen (secondary N) is 2. The highest BCUT2D eigenvalue weighted by Gasteiger charge is 2.41. The number of hydrogen-bond donors (Lipinski definition) is 2. The lowest BCUT2D eigenvalue weighted by atomic mass is 9.84. The van der Waals surface area contributed by atoms with Crippen LogP contribution in [0.15, 0.2) is 41.3 Å². The molecule has 0 spiro atoms. The lowest BCUT2D eigenvalue weighted by molar-refractivity contribution is 0.0340. The molecule has 39 heavy (non-hydrogen) atoms. The van der Waals surface area contributed by atoms with Crippen molar-refractivity contribution in [2.24, 2.45) is 0 Å². The van der Waals surface area contributed by atoms with Crippen molar-refractivity contribution in [2.45, 2.75) is 37.2 Å². The molecule has 1 fully saturated rings. The number of morpholine rings is 1. The number of carbonyl (C=O) groups excluding carboxylic acids is 1. The number of amides is 1. The molecule has 3 heterocycles. The van der Waals surface area contributed by atoms with Gasteiger partial charge in [-0.3, -0.25) is 14.8 Å². The van der Waals surface area contributed by atoms with E-state index >= 15 is 0 Å². The minimum absolute atomic E-state index is 0.00689. The van der Waals surface area contributed by atoms with E-state index in [4.69, 9.17) is 4.74 Å². The zero-order valence-corrected chi connectivity index (χ0v) is 22.2. The van der Waals surface area contributed by atoms with Gasteiger partial charge in [0.15, 0.2) is 5.82 Å². The molecule has 13 heteroatoms. The topological polar surface area (TPSA) is 108 Å². The molecule has 5 rings (SSSR count). The molecular weight excluding hydrogens is 535 g/mol. The maximum Gasteiger partial charge on any atom is 0.260 e. The second-order valence-corrected chi connectivity index (χ2v) is 12.2. The van der Waals surface area contributed by atoms with Crippen molar-refractivity contribution in [3.8, 4) is 0 Å². The largest absolute Gasteiger partial charge is 0.379 e. The zero-order valence-electron chi connectivity index (χ0n) is 21.4. The molecule has 0 bridgehead atoms. The summed E-state index contributed by atoms with van der Waals surface area (Å²) in [7, 11) is -4.30. The Morgan fingerprint density at radius 2 is 1.82 bits per heavy atom. The van der Waals surface area contributed by atoms with Gasteiger partial charge in [-0.05, 0) is 23.8 Å². The standard InChI is InChI=1S/C26H28F3N5O4S/c1-26(2)15-34(39(36,37)19-11-17(27)10-18(28)12-19)14-20-23(26)31-32-24(20)30-25(35)22-16(4-3-5-21(22)29)13-33-6-8-38-9-7-33/h3-5,10-12H,6-9,13-15H2,1-2H3,(H2,30,31,32,35). The lowest BCUT2D eigenvalue weighted by Crippen LogP contribution is -2.45. The summed E-state index contributed by atoms with van der Waals surface area (Å²) in [6.45, 7) is 6.09. The first-order chi connectivity index (χ1) is 18.5. The van der Waals surface area contributed by atoms with Crippen molar-refractivity contribution in [1.29, 1.82) is 0 Å². The predicted molar refractivity (Wildman–Crippen MR) is 136 cm³/mol. The lowest BCUT2D eigenvalue weighted by Gasteiger charge is -2.36. The monoisotopic (exact) mass is 563 g/mol. The second-order valence-electron chi connectivity index (χ2n) is 10.3. The number of rotatable bonds is 6. The number of carbonyl (C=O) groups is 1. The third-order valence-corrected chi connectivity index (χ3v) is 8.75. The first-order valence-corrected chi connectivity index (χ1v) is 13.8. The molecule has 2 aliphatic heterocycles. The van der Waals surface area contributed by atoms with E-state index in [9.17, 15) is 26.4 Å². The second kappa shape index (κ2) is 10.4. The fourth-order valence-electron chi connectivity index (χ4n) is 5.06. The van der Waals surface area contributed by atoms with Crippen molar-refractivity contribution in [2.75, 3.05) is 38.2 Å². The molecule has 1 saturated heterocycles. The van der Waals surface area contributed by atoms with Crippen LogP contribution in [0.5, 0.6) is 0 Å². The highest BCUT2D eigenvalue weighted by molar-refractivity contribution is 7.89. The minimum Gasteiger partial charge on any atom is -0.379 e. The van der Waals surface area contributed by atoms with Crippen molar-refractivity contribution in [3.63, 3.8) is 0 Å². The van der Waals surface area contributed by atoms with E-state index in [1.54, 1.807) is 26.0 Å². The van der Waals surface area contributed by atoms with E-state index in [1.165, 1.54) is 6.07 Å². The van der Waals surface area contributed by atoms with Crippen molar-refractivity contribution in [3.05, 3.63) is 76.2 Å². The number of hydrogen-bond acceptors (Lipinski definition) is 6. The Bertz CT molecular complexity index is 1500. The highest BCUT2D eigenvalue weighted by Crippen LogP contribution is 2.38. The number of halogens is 3. The van der Waals surface area contributed by atoms with Crippen LogP contribution >= 0.6 is 0 Å². The summed E-state index contributed by atoms with van der Waals surface area (Å²) in [5.41, 5.74) is 0.553. The van der Waals surface area contributed by atoms with Gasteiger partial charge in [0.2, 0.25) is 10.0 Å². The minimum atomic E-state index is -4.30. The number of ether oxygens (including phenoxy) is 1. The Labute approximate surface area is 224 Å². The number of aromatic amines is 1. The van der Waals surface area contributed by atoms with Crippen molar-refractivity contribution < 1.29 is 31.1 Å². The molecule has 0 aliphatic carbocycles. The third kappa shape index (κ3) is 5.44. The molecule has 1 amide bonds. The smallest absolute Gasteiger partial charge is 0.260 e. The number of anilines is 1. The third-order valence-electron chi connectivity index (χ3n) is 6.98. The fourth-order valence-corrected chi connectivity index (χ4v) is 6.67. The van der Waals surface area contributed by atoms with Crippen LogP contribution in [0, 0.1) is 17.5 Å². The Balaban J connectivity index is 1.44. The summed E-state index contributed by atoms with van der Waals surface area (Å²) in [5, 5.41) is 9.73. The Hall–Kier alpha value is -3.26. The van der Waals surface area contributed by atoms with Gasteiger partial charge in [0.1, 0.15) is 17.5 Å². The molecule has 208 valence electrons. The van der Waals surface area contributed by atoms with Crippen molar-refractivity contribution in [1.82, 2.24) is 19.4 Å². The number of nitrogens with zero attached hydrogens (tertiary/aromatic N) is 3. The molecule has 0 radical (unpaired) electrons. The zero-order chi connectivity index (χ0) is 27.9. The average Bonchev–Trinajstić information content (AvgIpc) is 3.27. The molecule has 9 nitrogen and oxygen atoms in total. The first kappa shape index (κ1) is 27.3. The SMILES string of the molecule is CC1(C)CN(S(=O)(=O)c2cc(F)cc(F)c2)Cc2c(NC(=O)c3c(F)cccc3CN3CCOCC3)n[nH]c21. The molecule has 1 aromatic heterocycles. The molecule has 2 aromatic carbocycles. The summed E-state index contributed by atoms with van der Waals surface area (Å²) in [4.78, 5) is 14.9. The summed E-state index contributed by atoms with van der Waals surface area (Å²) in [6, 6.07) is 6.53. The quantitative estimate of drug-likeness (QED) is 0.476. The molecule has 0 saturated carbocycles. The van der Waals surface area contributed by atoms with E-state index < -0.39 is 43.7 Å². The van der Waals surface area contributed by atoms with Crippen LogP contribution < -0.4 is 5.32 Å². The molecule has 0 unspecified atom stereocenters. The maximum absolute atomic E-state index is 14.9. The van der Waals surface area contributed by atoms with Crippen LogP contribution in [0.4, 0.5) is 19.0 Å². The summed E-state index contributed by atoms with van der Waals surface area (Å²) < 4.78 is 75.7. The van der Waals surface area contributed by atoms with Gasteiger partial charge in [-0.2, -0.15) is 9.40 Å². The van der Waals surface area contributed by atoms with Gasteiger partial charge in [0, 0.05) is 55.5 Å². The molecule has 0 atom stereocenters. The Kier molecular flexibility index (Phi) is 7.27. The number of sulfonamides is 1. The van der Waals surface area contributed by atoms with Gasteiger partial charge in [-0.15, -0.1) is 0 Å². The maximum atomic E-state index is 14.9. The number of aromatic nitrogens is 2. The first-order valence-electron chi connectivity index (χ1n) is 12.4. The fraction of sp³-hybridized carbons (Fsp3) is 0.385. The van der Waals surface area contributed by atoms with Gasteiger partial charge in [-0.25, -0.2) is 21.6 Å². The van der Waals surface area contributed by atoms with E-state index in [0.717, 1.165) is 16.4 Å². The molecule has 2 N–H and O–H groups in total. The molecule has 2 aliphatic rings. The number of H-pyrrole nitrogens is 1. The Morgan fingerprint density at radius 1 is 1.13 bits per heavy atom. The Morgan fingerprint density at radius 3 is 2.51 bits per heavy atom. The highest BCUT2D eigenvalue weighted by atomic mass is 32.2. The number of benzene rings is 2. The van der Waals surface area contributed by atoms with Gasteiger partial charge >= 0.3 is 0 Å². The number of fused-ring (bicyclic) bond motifs is 1. The van der Waals surface area contributed by atoms with Crippen LogP contribution in [0.3, 0.4) is 0 Å². The summed E-state index contributed by atoms with van der Waals surface area (Å²) in [6.07, 6.45) is 0. The van der Waals surface area contributed by atoms with Crippen LogP contribution in [-0.2, 0) is 33.3 Å². The van der Waals surface area contributed by atoms with E-state index in [-0.39, 0.29) is 24.5 Å². The van der Waals surface area contributed by atoms with Crippen LogP contribution in [-0.4, -0.2) is 66.6 Å². The predicted octanol–water partition coefficient (Wildman–Crippen LogP) is 3.39. The molecular formula is C26H28F3N5O4S. The van der Waals surface area contributed by atoms with Gasteiger partial charge in [0.05, 0.1) is 23.7 Å². The van der Waals surface area contributed by atoms with Crippen molar-refractivity contribution >= 4 is 21.7 Å². The van der Waals surface area contributed by atoms with E-state index in [2.05, 4.69) is 20.4 Å². The van der Waals surface area contributed by atoms with Gasteiger partial charge in [0.25, 0.3) is 5.91 Å². The van der Waals surface area contributed by atoms with Crippen LogP contribution in [0.25, 0.3) is 0 Å². The molecule has 3 aromatic rings. The van der Waals surface area contributed by atoms with Gasteiger partial charge < -0.3 is 10.1 Å². The van der Waals surface area contributed by atoms with Crippen LogP contribution in [0.1, 0.15) is 41.0 Å². The van der Waals surface area contributed by atoms with E-state index in [0.29, 0.717) is 55.7 Å². The normalized spacial score (nSPS) is 18.1. The summed E-state index contributed by atoms with van der Waals surface area (Å²) in [5.74, 6) is -3.40. The van der Waals surface area contributed by atoms with E-state index in [1.807, 2.05) is 0 Å². The van der Waals surface area contributed by atoms with Gasteiger partial charge in [-0.1, -0.05) is 26.0 Å². The van der Waals surface area contributed by atoms with Crippen LogP contribution in [0.2, 0.25) is 0 Å². The summed E-state index contributed by atoms with van der Waals surface area (Å²) >= 11 is 0.